The Morgan fingerprint density at radius 2 is 1.64 bits per heavy atom. The van der Waals surface area contributed by atoms with E-state index in [1.807, 2.05) is 0 Å². The summed E-state index contributed by atoms with van der Waals surface area (Å²) in [5.41, 5.74) is -0.551. The molecule has 0 spiro atoms. The summed E-state index contributed by atoms with van der Waals surface area (Å²) in [6.07, 6.45) is -1.76. The molecule has 0 radical (unpaired) electrons. The molecule has 1 unspecified atom stereocenters. The Morgan fingerprint density at radius 1 is 1.11 bits per heavy atom. The summed E-state index contributed by atoms with van der Waals surface area (Å²) in [6, 6.07) is 3.89. The first kappa shape index (κ1) is 24.3. The Labute approximate surface area is 177 Å². The number of carbonyl (C=O) groups is 2. The molecule has 0 fully saturated rings. The van der Waals surface area contributed by atoms with Gasteiger partial charge >= 0.3 is 0 Å². The van der Waals surface area contributed by atoms with E-state index in [1.54, 1.807) is 32.9 Å². The number of nitrogens with one attached hydrogen (secondary N) is 2. The first-order chi connectivity index (χ1) is 13.0. The van der Waals surface area contributed by atoms with E-state index in [4.69, 9.17) is 23.2 Å². The maximum absolute atomic E-state index is 12.5. The van der Waals surface area contributed by atoms with Crippen molar-refractivity contribution in [3.05, 3.63) is 38.1 Å². The molecular weight excluding hydrogens is 427 g/mol. The molecule has 154 valence electrons. The molecule has 0 aliphatic heterocycles. The van der Waals surface area contributed by atoms with Gasteiger partial charge in [-0.3, -0.25) is 9.59 Å². The van der Waals surface area contributed by atoms with E-state index in [0.29, 0.717) is 14.9 Å². The minimum atomic E-state index is -1.50. The highest BCUT2D eigenvalue weighted by molar-refractivity contribution is 8.00. The van der Waals surface area contributed by atoms with Crippen LogP contribution in [0.15, 0.2) is 33.4 Å². The lowest BCUT2D eigenvalue weighted by molar-refractivity contribution is -0.131. The lowest BCUT2D eigenvalue weighted by Crippen LogP contribution is -2.53. The number of carbonyl (C=O) groups excluding carboxylic acids is 2. The van der Waals surface area contributed by atoms with Crippen molar-refractivity contribution in [2.75, 3.05) is 7.05 Å². The molecule has 1 rings (SSSR count). The number of hydrogen-bond acceptors (Lipinski definition) is 7. The molecular formula is C17H22Cl2N4O4S. The van der Waals surface area contributed by atoms with Crippen molar-refractivity contribution in [2.45, 2.75) is 49.5 Å². The third kappa shape index (κ3) is 7.37. The summed E-state index contributed by atoms with van der Waals surface area (Å²) in [5.74, 6) is -0.878. The Morgan fingerprint density at radius 3 is 2.07 bits per heavy atom. The van der Waals surface area contributed by atoms with Gasteiger partial charge in [-0.2, -0.15) is 0 Å². The van der Waals surface area contributed by atoms with Gasteiger partial charge in [0.15, 0.2) is 0 Å². The number of thioether (sulfide) groups is 1. The number of nitroso groups, excluding NO2 is 2. The summed E-state index contributed by atoms with van der Waals surface area (Å²) in [6.45, 7) is 5.41. The third-order valence-corrected chi connectivity index (χ3v) is 5.40. The topological polar surface area (TPSA) is 117 Å². The number of nitrogens with zero attached hydrogens (tertiary/aromatic N) is 2. The molecule has 2 amide bonds. The zero-order valence-corrected chi connectivity index (χ0v) is 18.2. The zero-order chi connectivity index (χ0) is 21.5. The second-order valence-corrected chi connectivity index (χ2v) is 9.26. The van der Waals surface area contributed by atoms with Crippen LogP contribution >= 0.6 is 35.0 Å². The lowest BCUT2D eigenvalue weighted by atomic mass is 9.86. The van der Waals surface area contributed by atoms with Crippen molar-refractivity contribution in [1.29, 1.82) is 0 Å². The van der Waals surface area contributed by atoms with Crippen LogP contribution in [0.25, 0.3) is 0 Å². The predicted octanol–water partition coefficient (Wildman–Crippen LogP) is 3.98. The molecule has 28 heavy (non-hydrogen) atoms. The normalized spacial score (nSPS) is 13.5. The van der Waals surface area contributed by atoms with Crippen molar-refractivity contribution in [1.82, 2.24) is 10.6 Å². The maximum Gasteiger partial charge on any atom is 0.242 e. The highest BCUT2D eigenvalue weighted by Gasteiger charge is 2.34. The van der Waals surface area contributed by atoms with E-state index in [1.165, 1.54) is 13.1 Å². The molecule has 2 atom stereocenters. The van der Waals surface area contributed by atoms with Crippen LogP contribution < -0.4 is 10.6 Å². The fourth-order valence-corrected chi connectivity index (χ4v) is 4.21. The van der Waals surface area contributed by atoms with Crippen LogP contribution in [0.3, 0.4) is 0 Å². The van der Waals surface area contributed by atoms with Crippen molar-refractivity contribution in [2.24, 2.45) is 15.8 Å². The number of hydrogen-bond donors (Lipinski definition) is 2. The SMILES string of the molecule is CNC(=O)[C@@H](NC(=O)CC(Sc1cc(Cl)cc(Cl)c1)C(N=O)N=O)C(C)(C)C. The summed E-state index contributed by atoms with van der Waals surface area (Å²) in [7, 11) is 1.47. The first-order valence-corrected chi connectivity index (χ1v) is 9.94. The molecule has 0 aromatic heterocycles. The van der Waals surface area contributed by atoms with Crippen LogP contribution in [0, 0.1) is 15.2 Å². The Balaban J connectivity index is 3.02. The summed E-state index contributed by atoms with van der Waals surface area (Å²) >= 11 is 13.0. The van der Waals surface area contributed by atoms with Crippen molar-refractivity contribution >= 4 is 46.8 Å². The van der Waals surface area contributed by atoms with E-state index in [-0.39, 0.29) is 12.3 Å². The molecule has 0 bridgehead atoms. The molecule has 0 aliphatic carbocycles. The van der Waals surface area contributed by atoms with Crippen LogP contribution in [0.1, 0.15) is 27.2 Å². The fraction of sp³-hybridized carbons (Fsp3) is 0.529. The largest absolute Gasteiger partial charge is 0.357 e. The van der Waals surface area contributed by atoms with Crippen molar-refractivity contribution < 1.29 is 9.59 Å². The van der Waals surface area contributed by atoms with Gasteiger partial charge in [0, 0.05) is 28.4 Å². The third-order valence-electron chi connectivity index (χ3n) is 3.74. The van der Waals surface area contributed by atoms with Gasteiger partial charge in [0.1, 0.15) is 6.04 Å². The van der Waals surface area contributed by atoms with Gasteiger partial charge < -0.3 is 10.6 Å². The first-order valence-electron chi connectivity index (χ1n) is 8.30. The Hall–Kier alpha value is -1.71. The van der Waals surface area contributed by atoms with Gasteiger partial charge in [0.2, 0.25) is 18.0 Å². The van der Waals surface area contributed by atoms with Crippen molar-refractivity contribution in [3.8, 4) is 0 Å². The molecule has 0 saturated heterocycles. The van der Waals surface area contributed by atoms with E-state index >= 15 is 0 Å². The Kier molecular flexibility index (Phi) is 9.32. The Bertz CT molecular complexity index is 714. The van der Waals surface area contributed by atoms with Gasteiger partial charge in [-0.15, -0.1) is 21.6 Å². The van der Waals surface area contributed by atoms with Crippen LogP contribution in [-0.4, -0.2) is 36.3 Å². The van der Waals surface area contributed by atoms with E-state index in [9.17, 15) is 19.4 Å². The minimum absolute atomic E-state index is 0.263. The average molecular weight is 449 g/mol. The second kappa shape index (κ2) is 10.7. The van der Waals surface area contributed by atoms with E-state index < -0.39 is 28.8 Å². The lowest BCUT2D eigenvalue weighted by Gasteiger charge is -2.30. The van der Waals surface area contributed by atoms with Crippen LogP contribution in [-0.2, 0) is 9.59 Å². The highest BCUT2D eigenvalue weighted by atomic mass is 35.5. The standard InChI is InChI=1S/C17H22Cl2N4O4S/c1-17(2,3)14(16(25)20-4)21-13(24)8-12(15(22-26)23-27)28-11-6-9(18)5-10(19)7-11/h5-7,12,14-15H,8H2,1-4H3,(H,20,25)(H,21,24)/t12?,14-/m1/s1. The molecule has 1 aromatic carbocycles. The summed E-state index contributed by atoms with van der Waals surface area (Å²) in [4.78, 5) is 47.2. The summed E-state index contributed by atoms with van der Waals surface area (Å²) in [5, 5.41) is 10.4. The van der Waals surface area contributed by atoms with Crippen LogP contribution in [0.2, 0.25) is 10.0 Å². The summed E-state index contributed by atoms with van der Waals surface area (Å²) < 4.78 is 0. The zero-order valence-electron chi connectivity index (χ0n) is 15.9. The number of rotatable bonds is 9. The average Bonchev–Trinajstić information content (AvgIpc) is 2.58. The molecule has 2 N–H and O–H groups in total. The van der Waals surface area contributed by atoms with Crippen LogP contribution in [0.5, 0.6) is 0 Å². The number of likely N-dealkylation sites (N-methyl/N-ethyl adjacent to an activating group) is 1. The maximum atomic E-state index is 12.5. The molecule has 8 nitrogen and oxygen atoms in total. The molecule has 0 heterocycles. The van der Waals surface area contributed by atoms with E-state index in [2.05, 4.69) is 21.0 Å². The van der Waals surface area contributed by atoms with Gasteiger partial charge in [-0.05, 0) is 34.0 Å². The number of benzene rings is 1. The predicted molar refractivity (Wildman–Crippen MR) is 112 cm³/mol. The minimum Gasteiger partial charge on any atom is -0.357 e. The highest BCUT2D eigenvalue weighted by Crippen LogP contribution is 2.33. The van der Waals surface area contributed by atoms with Gasteiger partial charge in [0.25, 0.3) is 0 Å². The second-order valence-electron chi connectivity index (χ2n) is 7.07. The molecule has 0 aliphatic rings. The van der Waals surface area contributed by atoms with Gasteiger partial charge in [-0.25, -0.2) is 0 Å². The number of halogens is 2. The molecule has 0 saturated carbocycles. The van der Waals surface area contributed by atoms with E-state index in [0.717, 1.165) is 11.8 Å². The van der Waals surface area contributed by atoms with Gasteiger partial charge in [0.05, 0.1) is 5.25 Å². The smallest absolute Gasteiger partial charge is 0.242 e. The number of amides is 2. The van der Waals surface area contributed by atoms with Gasteiger partial charge in [-0.1, -0.05) is 44.0 Å². The monoisotopic (exact) mass is 448 g/mol. The quantitative estimate of drug-likeness (QED) is 0.437. The van der Waals surface area contributed by atoms with Crippen LogP contribution in [0.4, 0.5) is 0 Å². The molecule has 11 heteroatoms. The fourth-order valence-electron chi connectivity index (χ4n) is 2.36. The van der Waals surface area contributed by atoms with Crippen molar-refractivity contribution in [3.63, 3.8) is 0 Å². The molecule has 1 aromatic rings.